The third-order valence-corrected chi connectivity index (χ3v) is 7.97. The smallest absolute Gasteiger partial charge is 0.265 e. The second-order valence-corrected chi connectivity index (χ2v) is 10.2. The van der Waals surface area contributed by atoms with Crippen LogP contribution in [0.25, 0.3) is 0 Å². The number of piperidine rings is 1. The average molecular weight is 405 g/mol. The molecule has 1 atom stereocenters. The van der Waals surface area contributed by atoms with Crippen LogP contribution in [-0.4, -0.2) is 36.0 Å². The highest BCUT2D eigenvalue weighted by molar-refractivity contribution is 7.89. The summed E-state index contributed by atoms with van der Waals surface area (Å²) >= 11 is 0. The summed E-state index contributed by atoms with van der Waals surface area (Å²) in [6.45, 7) is 0.0213. The van der Waals surface area contributed by atoms with Gasteiger partial charge in [-0.3, -0.25) is 0 Å². The quantitative estimate of drug-likeness (QED) is 0.778. The van der Waals surface area contributed by atoms with Crippen LogP contribution in [0.5, 0.6) is 0 Å². The topological polar surface area (TPSA) is 76.3 Å². The molecule has 0 spiro atoms. The van der Waals surface area contributed by atoms with Gasteiger partial charge < -0.3 is 4.52 Å². The highest BCUT2D eigenvalue weighted by Crippen LogP contribution is 2.41. The second kappa shape index (κ2) is 6.62. The normalized spacial score (nSPS) is 26.2. The minimum absolute atomic E-state index is 0.0836. The Morgan fingerprint density at radius 3 is 2.71 bits per heavy atom. The number of fused-ring (bicyclic) bond motifs is 1. The minimum atomic E-state index is -3.77. The van der Waals surface area contributed by atoms with Gasteiger partial charge in [0.05, 0.1) is 11.4 Å². The van der Waals surface area contributed by atoms with Gasteiger partial charge in [0.2, 0.25) is 15.7 Å². The van der Waals surface area contributed by atoms with Crippen LogP contribution in [0.15, 0.2) is 27.6 Å². The van der Waals surface area contributed by atoms with Crippen molar-refractivity contribution >= 4 is 10.0 Å². The first-order valence-electron chi connectivity index (χ1n) is 10.1. The number of alkyl halides is 1. The summed E-state index contributed by atoms with van der Waals surface area (Å²) in [7, 11) is -3.77. The summed E-state index contributed by atoms with van der Waals surface area (Å²) in [5.41, 5.74) is 0.392. The molecular formula is C20H24FN3O3S. The van der Waals surface area contributed by atoms with Crippen LogP contribution in [0, 0.1) is 0 Å². The molecule has 1 saturated carbocycles. The number of nitrogens with zero attached hydrogens (tertiary/aromatic N) is 3. The molecule has 3 aliphatic rings. The zero-order chi connectivity index (χ0) is 19.4. The fourth-order valence-electron chi connectivity index (χ4n) is 4.30. The Balaban J connectivity index is 1.41. The number of benzene rings is 1. The van der Waals surface area contributed by atoms with Crippen molar-refractivity contribution in [1.82, 2.24) is 14.4 Å². The maximum atomic E-state index is 15.7. The number of hydrogen-bond donors (Lipinski definition) is 0. The SMILES string of the molecule is O=S(=O)(c1ccc2c(c1)CCCC2)N1CCCC(F)(c2nc(C3CC3)no2)C1. The van der Waals surface area contributed by atoms with E-state index in [0.29, 0.717) is 18.8 Å². The van der Waals surface area contributed by atoms with Crippen molar-refractivity contribution in [2.24, 2.45) is 0 Å². The molecule has 1 saturated heterocycles. The van der Waals surface area contributed by atoms with E-state index >= 15 is 4.39 Å². The molecule has 150 valence electrons. The van der Waals surface area contributed by atoms with Gasteiger partial charge >= 0.3 is 0 Å². The van der Waals surface area contributed by atoms with Crippen molar-refractivity contribution in [3.05, 3.63) is 41.0 Å². The molecule has 0 amide bonds. The molecule has 1 aliphatic heterocycles. The van der Waals surface area contributed by atoms with Gasteiger partial charge in [-0.1, -0.05) is 11.2 Å². The average Bonchev–Trinajstić information content (AvgIpc) is 3.43. The molecule has 1 aromatic heterocycles. The molecule has 2 heterocycles. The molecular weight excluding hydrogens is 381 g/mol. The number of aryl methyl sites for hydroxylation is 2. The van der Waals surface area contributed by atoms with E-state index in [1.165, 1.54) is 9.87 Å². The fourth-order valence-corrected chi connectivity index (χ4v) is 5.87. The summed E-state index contributed by atoms with van der Waals surface area (Å²) < 4.78 is 48.5. The van der Waals surface area contributed by atoms with Crippen molar-refractivity contribution in [1.29, 1.82) is 0 Å². The first kappa shape index (κ1) is 18.2. The lowest BCUT2D eigenvalue weighted by Crippen LogP contribution is -2.46. The number of hydrogen-bond acceptors (Lipinski definition) is 5. The number of sulfonamides is 1. The van der Waals surface area contributed by atoms with Crippen molar-refractivity contribution in [2.75, 3.05) is 13.1 Å². The van der Waals surface area contributed by atoms with E-state index in [1.54, 1.807) is 12.1 Å². The summed E-state index contributed by atoms with van der Waals surface area (Å²) in [5, 5.41) is 3.90. The van der Waals surface area contributed by atoms with Crippen LogP contribution >= 0.6 is 0 Å². The van der Waals surface area contributed by atoms with E-state index in [4.69, 9.17) is 4.52 Å². The minimum Gasteiger partial charge on any atom is -0.336 e. The molecule has 5 rings (SSSR count). The van der Waals surface area contributed by atoms with Gasteiger partial charge in [0.25, 0.3) is 5.89 Å². The molecule has 0 N–H and O–H groups in total. The third-order valence-electron chi connectivity index (χ3n) is 6.13. The maximum absolute atomic E-state index is 15.7. The largest absolute Gasteiger partial charge is 0.336 e. The zero-order valence-corrected chi connectivity index (χ0v) is 16.5. The number of halogens is 1. The Morgan fingerprint density at radius 1 is 1.14 bits per heavy atom. The summed E-state index contributed by atoms with van der Waals surface area (Å²) in [4.78, 5) is 4.49. The van der Waals surface area contributed by atoms with Crippen LogP contribution in [-0.2, 0) is 28.5 Å². The Kier molecular flexibility index (Phi) is 4.32. The molecule has 2 aromatic rings. The first-order chi connectivity index (χ1) is 13.5. The summed E-state index contributed by atoms with van der Waals surface area (Å²) in [6, 6.07) is 5.34. The molecule has 6 nitrogen and oxygen atoms in total. The van der Waals surface area contributed by atoms with Crippen molar-refractivity contribution < 1.29 is 17.3 Å². The molecule has 2 fully saturated rings. The molecule has 1 aromatic carbocycles. The lowest BCUT2D eigenvalue weighted by molar-refractivity contribution is 0.0470. The second-order valence-electron chi connectivity index (χ2n) is 8.28. The highest BCUT2D eigenvalue weighted by atomic mass is 32.2. The van der Waals surface area contributed by atoms with Gasteiger partial charge in [-0.25, -0.2) is 12.8 Å². The Bertz CT molecular complexity index is 1000. The van der Waals surface area contributed by atoms with Crippen LogP contribution in [0.2, 0.25) is 0 Å². The van der Waals surface area contributed by atoms with E-state index in [1.807, 2.05) is 6.07 Å². The van der Waals surface area contributed by atoms with Gasteiger partial charge in [0, 0.05) is 12.5 Å². The lowest BCUT2D eigenvalue weighted by atomic mass is 9.92. The van der Waals surface area contributed by atoms with E-state index < -0.39 is 15.7 Å². The van der Waals surface area contributed by atoms with Gasteiger partial charge in [0.1, 0.15) is 0 Å². The number of aromatic nitrogens is 2. The van der Waals surface area contributed by atoms with E-state index in [9.17, 15) is 8.42 Å². The molecule has 0 bridgehead atoms. The van der Waals surface area contributed by atoms with Crippen molar-refractivity contribution in [3.8, 4) is 0 Å². The van der Waals surface area contributed by atoms with Crippen LogP contribution < -0.4 is 0 Å². The molecule has 1 unspecified atom stereocenters. The molecule has 28 heavy (non-hydrogen) atoms. The van der Waals surface area contributed by atoms with Crippen LogP contribution in [0.1, 0.15) is 67.3 Å². The standard InChI is InChI=1S/C20H24FN3O3S/c21-20(19-22-18(23-27-19)15-6-7-15)10-3-11-24(13-20)28(25,26)17-9-8-14-4-1-2-5-16(14)12-17/h8-9,12,15H,1-7,10-11,13H2. The highest BCUT2D eigenvalue weighted by Gasteiger charge is 2.46. The van der Waals surface area contributed by atoms with Crippen LogP contribution in [0.4, 0.5) is 4.39 Å². The van der Waals surface area contributed by atoms with E-state index in [-0.39, 0.29) is 29.7 Å². The summed E-state index contributed by atoms with van der Waals surface area (Å²) in [6.07, 6.45) is 6.72. The first-order valence-corrected chi connectivity index (χ1v) is 11.5. The Hall–Kier alpha value is -1.80. The van der Waals surface area contributed by atoms with Gasteiger partial charge in [-0.15, -0.1) is 0 Å². The fraction of sp³-hybridized carbons (Fsp3) is 0.600. The number of rotatable bonds is 4. The molecule has 0 radical (unpaired) electrons. The monoisotopic (exact) mass is 405 g/mol. The maximum Gasteiger partial charge on any atom is 0.265 e. The Morgan fingerprint density at radius 2 is 1.93 bits per heavy atom. The Labute approximate surface area is 164 Å². The third kappa shape index (κ3) is 3.16. The lowest BCUT2D eigenvalue weighted by Gasteiger charge is -2.34. The predicted molar refractivity (Wildman–Crippen MR) is 100 cm³/mol. The zero-order valence-electron chi connectivity index (χ0n) is 15.7. The van der Waals surface area contributed by atoms with Crippen molar-refractivity contribution in [3.63, 3.8) is 0 Å². The summed E-state index contributed by atoms with van der Waals surface area (Å²) in [5.74, 6) is 0.724. The molecule has 8 heteroatoms. The predicted octanol–water partition coefficient (Wildman–Crippen LogP) is 3.48. The van der Waals surface area contributed by atoms with Gasteiger partial charge in [0.15, 0.2) is 5.82 Å². The van der Waals surface area contributed by atoms with Crippen LogP contribution in [0.3, 0.4) is 0 Å². The van der Waals surface area contributed by atoms with E-state index in [0.717, 1.165) is 44.1 Å². The van der Waals surface area contributed by atoms with E-state index in [2.05, 4.69) is 10.1 Å². The van der Waals surface area contributed by atoms with Gasteiger partial charge in [-0.05, 0) is 74.6 Å². The van der Waals surface area contributed by atoms with Gasteiger partial charge in [-0.2, -0.15) is 9.29 Å². The molecule has 2 aliphatic carbocycles. The van der Waals surface area contributed by atoms with Crippen molar-refractivity contribution in [2.45, 2.75) is 67.8 Å².